The number of ether oxygens (including phenoxy) is 2. The molecule has 1 saturated heterocycles. The number of H-pyrrole nitrogens is 1. The summed E-state index contributed by atoms with van der Waals surface area (Å²) < 4.78 is 10.8. The second-order valence-electron chi connectivity index (χ2n) is 5.65. The first-order valence-electron chi connectivity index (χ1n) is 6.51. The molecule has 0 radical (unpaired) electrons. The Kier molecular flexibility index (Phi) is 4.12. The molecule has 1 atom stereocenters. The number of nitrogens with zero attached hydrogens (tertiary/aromatic N) is 3. The number of carboxylic acid groups (broad SMARTS) is 1. The van der Waals surface area contributed by atoms with Crippen LogP contribution in [0.5, 0.6) is 0 Å². The van der Waals surface area contributed by atoms with Crippen molar-refractivity contribution in [2.45, 2.75) is 32.5 Å². The minimum absolute atomic E-state index is 0.168. The predicted molar refractivity (Wildman–Crippen MR) is 69.8 cm³/mol. The highest BCUT2D eigenvalue weighted by atomic mass is 16.6. The van der Waals surface area contributed by atoms with E-state index in [-0.39, 0.29) is 24.5 Å². The summed E-state index contributed by atoms with van der Waals surface area (Å²) in [6.45, 7) is 6.16. The van der Waals surface area contributed by atoms with Crippen molar-refractivity contribution >= 4 is 12.1 Å². The molecule has 21 heavy (non-hydrogen) atoms. The number of carbonyl (C=O) groups excluding carboxylic acids is 1. The molecule has 2 heterocycles. The Morgan fingerprint density at radius 3 is 2.76 bits per heavy atom. The number of hydrogen-bond acceptors (Lipinski definition) is 6. The molecule has 0 saturated carbocycles. The van der Waals surface area contributed by atoms with Crippen molar-refractivity contribution in [3.05, 3.63) is 11.4 Å². The van der Waals surface area contributed by atoms with Gasteiger partial charge >= 0.3 is 12.1 Å². The minimum atomic E-state index is -1.20. The summed E-state index contributed by atoms with van der Waals surface area (Å²) in [5.41, 5.74) is -0.618. The Hall–Kier alpha value is -2.16. The third-order valence-electron chi connectivity index (χ3n) is 2.80. The molecule has 116 valence electrons. The van der Waals surface area contributed by atoms with Crippen LogP contribution in [0.3, 0.4) is 0 Å². The SMILES string of the molecule is CC(C)(C)OC(=O)N1CCOC(c2n[nH]nc2C(=O)O)C1. The molecule has 1 aromatic rings. The molecule has 1 aliphatic heterocycles. The highest BCUT2D eigenvalue weighted by Crippen LogP contribution is 2.23. The van der Waals surface area contributed by atoms with Gasteiger partial charge in [-0.05, 0) is 20.8 Å². The Morgan fingerprint density at radius 2 is 2.14 bits per heavy atom. The van der Waals surface area contributed by atoms with E-state index in [0.717, 1.165) is 0 Å². The molecule has 1 aliphatic rings. The fraction of sp³-hybridized carbons (Fsp3) is 0.667. The molecule has 9 heteroatoms. The molecular weight excluding hydrogens is 280 g/mol. The van der Waals surface area contributed by atoms with E-state index in [9.17, 15) is 9.59 Å². The smallest absolute Gasteiger partial charge is 0.410 e. The zero-order valence-corrected chi connectivity index (χ0v) is 12.1. The van der Waals surface area contributed by atoms with Gasteiger partial charge in [0.2, 0.25) is 0 Å². The summed E-state index contributed by atoms with van der Waals surface area (Å²) in [6, 6.07) is 0. The van der Waals surface area contributed by atoms with E-state index in [4.69, 9.17) is 14.6 Å². The van der Waals surface area contributed by atoms with Crippen LogP contribution in [0.2, 0.25) is 0 Å². The fourth-order valence-electron chi connectivity index (χ4n) is 1.93. The highest BCUT2D eigenvalue weighted by molar-refractivity contribution is 5.86. The number of carbonyl (C=O) groups is 2. The van der Waals surface area contributed by atoms with Gasteiger partial charge in [-0.3, -0.25) is 0 Å². The topological polar surface area (TPSA) is 118 Å². The summed E-state index contributed by atoms with van der Waals surface area (Å²) in [5, 5.41) is 18.7. The molecule has 1 unspecified atom stereocenters. The molecule has 1 aromatic heterocycles. The number of aromatic amines is 1. The van der Waals surface area contributed by atoms with Crippen molar-refractivity contribution in [2.24, 2.45) is 0 Å². The van der Waals surface area contributed by atoms with Gasteiger partial charge in [-0.25, -0.2) is 9.59 Å². The molecule has 0 bridgehead atoms. The Bertz CT molecular complexity index is 536. The Labute approximate surface area is 121 Å². The first-order chi connectivity index (χ1) is 9.78. The molecule has 9 nitrogen and oxygen atoms in total. The lowest BCUT2D eigenvalue weighted by Gasteiger charge is -2.33. The number of aromatic carboxylic acids is 1. The Balaban J connectivity index is 2.09. The number of carboxylic acids is 1. The molecule has 0 aromatic carbocycles. The first kappa shape index (κ1) is 15.2. The summed E-state index contributed by atoms with van der Waals surface area (Å²) in [5.74, 6) is -1.20. The Morgan fingerprint density at radius 1 is 1.43 bits per heavy atom. The van der Waals surface area contributed by atoms with Gasteiger partial charge in [0.05, 0.1) is 13.2 Å². The summed E-state index contributed by atoms with van der Waals surface area (Å²) in [7, 11) is 0. The standard InChI is InChI=1S/C12H18N4O5/c1-12(2,3)21-11(19)16-4-5-20-7(6-16)8-9(10(17)18)14-15-13-8/h7H,4-6H2,1-3H3,(H,17,18)(H,13,14,15). The van der Waals surface area contributed by atoms with E-state index in [2.05, 4.69) is 15.4 Å². The van der Waals surface area contributed by atoms with Crippen LogP contribution in [-0.4, -0.2) is 62.8 Å². The van der Waals surface area contributed by atoms with Crippen LogP contribution < -0.4 is 0 Å². The van der Waals surface area contributed by atoms with Crippen molar-refractivity contribution in [1.29, 1.82) is 0 Å². The molecule has 2 rings (SSSR count). The normalized spacial score (nSPS) is 19.4. The average molecular weight is 298 g/mol. The van der Waals surface area contributed by atoms with Crippen molar-refractivity contribution in [3.8, 4) is 0 Å². The van der Waals surface area contributed by atoms with Gasteiger partial charge in [0.15, 0.2) is 5.69 Å². The molecule has 1 fully saturated rings. The monoisotopic (exact) mass is 298 g/mol. The second-order valence-corrected chi connectivity index (χ2v) is 5.65. The van der Waals surface area contributed by atoms with Crippen molar-refractivity contribution < 1.29 is 24.2 Å². The average Bonchev–Trinajstić information content (AvgIpc) is 2.86. The number of amides is 1. The molecule has 1 amide bonds. The van der Waals surface area contributed by atoms with Crippen LogP contribution in [0.4, 0.5) is 4.79 Å². The fourth-order valence-corrected chi connectivity index (χ4v) is 1.93. The van der Waals surface area contributed by atoms with Crippen molar-refractivity contribution in [3.63, 3.8) is 0 Å². The van der Waals surface area contributed by atoms with Crippen molar-refractivity contribution in [2.75, 3.05) is 19.7 Å². The van der Waals surface area contributed by atoms with Crippen LogP contribution in [0, 0.1) is 0 Å². The summed E-state index contributed by atoms with van der Waals surface area (Å²) in [6.07, 6.45) is -1.10. The van der Waals surface area contributed by atoms with Gasteiger partial charge in [-0.1, -0.05) is 0 Å². The first-order valence-corrected chi connectivity index (χ1v) is 6.51. The maximum atomic E-state index is 12.0. The van der Waals surface area contributed by atoms with E-state index < -0.39 is 23.8 Å². The third-order valence-corrected chi connectivity index (χ3v) is 2.80. The van der Waals surface area contributed by atoms with Gasteiger partial charge in [-0.2, -0.15) is 10.3 Å². The molecular formula is C12H18N4O5. The van der Waals surface area contributed by atoms with Gasteiger partial charge in [0.1, 0.15) is 17.4 Å². The lowest BCUT2D eigenvalue weighted by atomic mass is 10.1. The van der Waals surface area contributed by atoms with Crippen LogP contribution >= 0.6 is 0 Å². The van der Waals surface area contributed by atoms with Crippen LogP contribution in [-0.2, 0) is 9.47 Å². The number of morpholine rings is 1. The summed E-state index contributed by atoms with van der Waals surface area (Å²) >= 11 is 0. The largest absolute Gasteiger partial charge is 0.476 e. The number of aromatic nitrogens is 3. The maximum absolute atomic E-state index is 12.0. The number of hydrogen-bond donors (Lipinski definition) is 2. The number of rotatable bonds is 2. The van der Waals surface area contributed by atoms with E-state index >= 15 is 0 Å². The second kappa shape index (κ2) is 5.68. The lowest BCUT2D eigenvalue weighted by Crippen LogP contribution is -2.45. The molecule has 2 N–H and O–H groups in total. The van der Waals surface area contributed by atoms with E-state index in [0.29, 0.717) is 6.54 Å². The third kappa shape index (κ3) is 3.69. The van der Waals surface area contributed by atoms with Gasteiger partial charge in [0.25, 0.3) is 0 Å². The molecule has 0 spiro atoms. The van der Waals surface area contributed by atoms with Crippen LogP contribution in [0.25, 0.3) is 0 Å². The maximum Gasteiger partial charge on any atom is 0.410 e. The van der Waals surface area contributed by atoms with E-state index in [1.807, 2.05) is 0 Å². The number of nitrogens with one attached hydrogen (secondary N) is 1. The lowest BCUT2D eigenvalue weighted by molar-refractivity contribution is -0.0450. The van der Waals surface area contributed by atoms with Crippen molar-refractivity contribution in [1.82, 2.24) is 20.3 Å². The zero-order chi connectivity index (χ0) is 15.6. The van der Waals surface area contributed by atoms with Gasteiger partial charge < -0.3 is 19.5 Å². The quantitative estimate of drug-likeness (QED) is 0.829. The zero-order valence-electron chi connectivity index (χ0n) is 12.1. The van der Waals surface area contributed by atoms with Gasteiger partial charge in [-0.15, -0.1) is 5.10 Å². The van der Waals surface area contributed by atoms with E-state index in [1.165, 1.54) is 4.90 Å². The highest BCUT2D eigenvalue weighted by Gasteiger charge is 2.32. The van der Waals surface area contributed by atoms with Gasteiger partial charge in [0, 0.05) is 6.54 Å². The predicted octanol–water partition coefficient (Wildman–Crippen LogP) is 0.811. The minimum Gasteiger partial charge on any atom is -0.476 e. The molecule has 0 aliphatic carbocycles. The van der Waals surface area contributed by atoms with E-state index in [1.54, 1.807) is 20.8 Å². The van der Waals surface area contributed by atoms with Crippen LogP contribution in [0.15, 0.2) is 0 Å². The summed E-state index contributed by atoms with van der Waals surface area (Å²) in [4.78, 5) is 24.6. The van der Waals surface area contributed by atoms with Crippen LogP contribution in [0.1, 0.15) is 43.1 Å².